The van der Waals surface area contributed by atoms with E-state index < -0.39 is 0 Å². The molecule has 2 aliphatic heterocycles. The molecule has 0 bridgehead atoms. The second kappa shape index (κ2) is 17.7. The molecule has 0 radical (unpaired) electrons. The number of hydroxylamine groups is 4. The lowest BCUT2D eigenvalue weighted by atomic mass is 9.71. The van der Waals surface area contributed by atoms with Crippen molar-refractivity contribution in [2.45, 2.75) is 231 Å². The molecule has 2 N–H and O–H groups in total. The second-order valence-electron chi connectivity index (χ2n) is 19.5. The summed E-state index contributed by atoms with van der Waals surface area (Å²) in [6.45, 7) is 23.1. The van der Waals surface area contributed by atoms with E-state index in [1.807, 2.05) is 0 Å². The van der Waals surface area contributed by atoms with E-state index in [4.69, 9.17) is 14.7 Å². The van der Waals surface area contributed by atoms with Crippen LogP contribution in [0.15, 0.2) is 4.99 Å². The third-order valence-electron chi connectivity index (χ3n) is 12.6. The molecule has 0 spiro atoms. The zero-order valence-corrected chi connectivity index (χ0v) is 35.1. The highest BCUT2D eigenvalue weighted by Gasteiger charge is 2.50. The van der Waals surface area contributed by atoms with Gasteiger partial charge in [-0.15, -0.1) is 4.99 Å². The summed E-state index contributed by atoms with van der Waals surface area (Å²) in [5.74, 6) is 1.74. The molecule has 4 aliphatic rings. The predicted molar refractivity (Wildman–Crippen MR) is 214 cm³/mol. The fourth-order valence-electron chi connectivity index (χ4n) is 10.8. The minimum Gasteiger partial charge on any atom is -0.351 e. The zero-order valence-electron chi connectivity index (χ0n) is 35.1. The van der Waals surface area contributed by atoms with Crippen LogP contribution in [0, 0.1) is 11.8 Å². The van der Waals surface area contributed by atoms with E-state index in [0.717, 1.165) is 77.0 Å². The maximum absolute atomic E-state index is 11.5. The Morgan fingerprint density at radius 1 is 0.642 bits per heavy atom. The largest absolute Gasteiger partial charge is 0.351 e. The molecular weight excluding hydrogens is 665 g/mol. The van der Waals surface area contributed by atoms with Gasteiger partial charge in [-0.3, -0.25) is 9.68 Å². The first-order chi connectivity index (χ1) is 25.1. The summed E-state index contributed by atoms with van der Waals surface area (Å²) in [6, 6.07) is 0.278. The third kappa shape index (κ3) is 10.8. The van der Waals surface area contributed by atoms with Gasteiger partial charge in [-0.05, 0) is 131 Å². The Morgan fingerprint density at radius 2 is 1.00 bits per heavy atom. The predicted octanol–water partition coefficient (Wildman–Crippen LogP) is 10.1. The van der Waals surface area contributed by atoms with Crippen LogP contribution in [0.1, 0.15) is 185 Å². The number of hydrogen-bond donors (Lipinski definition) is 2. The van der Waals surface area contributed by atoms with Crippen LogP contribution in [-0.4, -0.2) is 77.6 Å². The topological polar surface area (TPSA) is 117 Å². The van der Waals surface area contributed by atoms with E-state index >= 15 is 0 Å². The van der Waals surface area contributed by atoms with Gasteiger partial charge in [0.2, 0.25) is 18.0 Å². The summed E-state index contributed by atoms with van der Waals surface area (Å²) >= 11 is 0. The van der Waals surface area contributed by atoms with Crippen molar-refractivity contribution < 1.29 is 14.5 Å². The lowest BCUT2D eigenvalue weighted by Crippen LogP contribution is -2.63. The molecule has 2 atom stereocenters. The molecule has 1 aromatic heterocycles. The maximum Gasteiger partial charge on any atom is 0.267 e. The standard InChI is InChI=1S/C42H74N8O3/c1-11-19-34(30-25-39(3,4)49(40(5,6)26-30)52-32-21-15-13-16-22-32)44-37-46-36(43-29-51)47-38(48-37)45-35(20-12-2)31-27-41(7,8)50(42(9,10)28-31)53-33-23-17-14-18-24-33/h30-35H,11-28H2,1-10H3,(H2,44,45,46,47,48). The highest BCUT2D eigenvalue weighted by molar-refractivity contribution is 5.46. The van der Waals surface area contributed by atoms with Gasteiger partial charge < -0.3 is 10.6 Å². The number of piperidine rings is 2. The number of aliphatic imine (C=N–C) groups is 1. The van der Waals surface area contributed by atoms with Crippen LogP contribution in [0.4, 0.5) is 17.8 Å². The van der Waals surface area contributed by atoms with Crippen LogP contribution in [-0.2, 0) is 14.5 Å². The van der Waals surface area contributed by atoms with E-state index in [0.29, 0.717) is 35.9 Å². The summed E-state index contributed by atoms with van der Waals surface area (Å²) in [5.41, 5.74) is -0.547. The van der Waals surface area contributed by atoms with Crippen LogP contribution < -0.4 is 10.6 Å². The van der Waals surface area contributed by atoms with E-state index in [-0.39, 0.29) is 40.2 Å². The van der Waals surface area contributed by atoms with Crippen molar-refractivity contribution in [1.29, 1.82) is 0 Å². The normalized spacial score (nSPS) is 25.7. The van der Waals surface area contributed by atoms with Gasteiger partial charge >= 0.3 is 0 Å². The van der Waals surface area contributed by atoms with Crippen molar-refractivity contribution in [3.63, 3.8) is 0 Å². The van der Waals surface area contributed by atoms with Crippen LogP contribution >= 0.6 is 0 Å². The van der Waals surface area contributed by atoms with Crippen molar-refractivity contribution >= 4 is 23.9 Å². The van der Waals surface area contributed by atoms with Crippen molar-refractivity contribution in [3.05, 3.63) is 0 Å². The molecule has 11 nitrogen and oxygen atoms in total. The monoisotopic (exact) mass is 739 g/mol. The molecule has 2 aliphatic carbocycles. The molecule has 3 heterocycles. The maximum atomic E-state index is 11.5. The molecule has 1 aromatic rings. The number of nitrogens with zero attached hydrogens (tertiary/aromatic N) is 6. The van der Waals surface area contributed by atoms with Gasteiger partial charge in [-0.2, -0.15) is 25.1 Å². The smallest absolute Gasteiger partial charge is 0.267 e. The molecule has 4 fully saturated rings. The molecule has 2 saturated heterocycles. The van der Waals surface area contributed by atoms with Gasteiger partial charge in [0.05, 0.1) is 12.2 Å². The van der Waals surface area contributed by atoms with E-state index in [1.165, 1.54) is 38.5 Å². The Kier molecular flexibility index (Phi) is 14.1. The first-order valence-electron chi connectivity index (χ1n) is 21.4. The van der Waals surface area contributed by atoms with Crippen LogP contribution in [0.5, 0.6) is 0 Å². The van der Waals surface area contributed by atoms with Gasteiger partial charge in [0, 0.05) is 34.2 Å². The molecule has 0 aromatic carbocycles. The molecule has 2 unspecified atom stereocenters. The number of rotatable bonds is 15. The average Bonchev–Trinajstić information content (AvgIpc) is 3.08. The van der Waals surface area contributed by atoms with Crippen LogP contribution in [0.25, 0.3) is 0 Å². The Bertz CT molecular complexity index is 1240. The Hall–Kier alpha value is -2.17. The first-order valence-corrected chi connectivity index (χ1v) is 21.4. The minimum atomic E-state index is -0.137. The van der Waals surface area contributed by atoms with E-state index in [9.17, 15) is 4.79 Å². The molecule has 11 heteroatoms. The van der Waals surface area contributed by atoms with Crippen molar-refractivity contribution in [1.82, 2.24) is 25.1 Å². The van der Waals surface area contributed by atoms with Gasteiger partial charge in [0.25, 0.3) is 5.95 Å². The van der Waals surface area contributed by atoms with Crippen molar-refractivity contribution in [2.24, 2.45) is 16.8 Å². The number of anilines is 2. The quantitative estimate of drug-likeness (QED) is 0.133. The van der Waals surface area contributed by atoms with Crippen LogP contribution in [0.2, 0.25) is 0 Å². The number of hydrogen-bond acceptors (Lipinski definition) is 11. The highest BCUT2D eigenvalue weighted by atomic mass is 16.7. The summed E-state index contributed by atoms with van der Waals surface area (Å²) in [5, 5.41) is 12.2. The minimum absolute atomic E-state index is 0.0817. The van der Waals surface area contributed by atoms with E-state index in [1.54, 1.807) is 6.08 Å². The Morgan fingerprint density at radius 3 is 1.32 bits per heavy atom. The van der Waals surface area contributed by atoms with Gasteiger partial charge in [-0.25, -0.2) is 4.79 Å². The zero-order chi connectivity index (χ0) is 38.4. The number of isocyanates is 1. The molecule has 2 saturated carbocycles. The summed E-state index contributed by atoms with van der Waals surface area (Å²) in [7, 11) is 0. The number of aromatic nitrogens is 3. The van der Waals surface area contributed by atoms with E-state index in [2.05, 4.69) is 105 Å². The molecule has 5 rings (SSSR count). The SMILES string of the molecule is CCCC(Nc1nc(N=C=O)nc(NC(CCC)C2CC(C)(C)N(OC3CCCCC3)C(C)(C)C2)n1)C1CC(C)(C)N(OC2CCCCC2)C(C)(C)C1. The highest BCUT2D eigenvalue weighted by Crippen LogP contribution is 2.47. The fraction of sp³-hybridized carbons (Fsp3) is 0.905. The number of carbonyl (C=O) groups excluding carboxylic acids is 1. The molecule has 53 heavy (non-hydrogen) atoms. The summed E-state index contributed by atoms with van der Waals surface area (Å²) < 4.78 is 0. The first kappa shape index (κ1) is 42.0. The molecular formula is C42H74N8O3. The number of nitrogens with one attached hydrogen (secondary N) is 2. The summed E-state index contributed by atoms with van der Waals surface area (Å²) in [4.78, 5) is 43.2. The van der Waals surface area contributed by atoms with Crippen molar-refractivity contribution in [2.75, 3.05) is 10.6 Å². The van der Waals surface area contributed by atoms with Gasteiger partial charge in [0.15, 0.2) is 0 Å². The molecule has 0 amide bonds. The lowest BCUT2D eigenvalue weighted by Gasteiger charge is -2.56. The second-order valence-corrected chi connectivity index (χ2v) is 19.5. The molecule has 300 valence electrons. The average molecular weight is 739 g/mol. The third-order valence-corrected chi connectivity index (χ3v) is 12.6. The lowest BCUT2D eigenvalue weighted by molar-refractivity contribution is -0.314. The van der Waals surface area contributed by atoms with Gasteiger partial charge in [0.1, 0.15) is 0 Å². The summed E-state index contributed by atoms with van der Waals surface area (Å²) in [6.07, 6.45) is 22.5. The van der Waals surface area contributed by atoms with Crippen molar-refractivity contribution in [3.8, 4) is 0 Å². The fourth-order valence-corrected chi connectivity index (χ4v) is 10.8. The Labute approximate surface area is 321 Å². The van der Waals surface area contributed by atoms with Gasteiger partial charge in [-0.1, -0.05) is 65.2 Å². The Balaban J connectivity index is 1.34. The van der Waals surface area contributed by atoms with Crippen LogP contribution in [0.3, 0.4) is 0 Å².